The highest BCUT2D eigenvalue weighted by Crippen LogP contribution is 2.19. The highest BCUT2D eigenvalue weighted by Gasteiger charge is 2.07. The van der Waals surface area contributed by atoms with Gasteiger partial charge in [0.15, 0.2) is 0 Å². The van der Waals surface area contributed by atoms with Crippen LogP contribution in [-0.4, -0.2) is 17.5 Å². The van der Waals surface area contributed by atoms with E-state index in [9.17, 15) is 9.18 Å². The minimum absolute atomic E-state index is 0.351. The molecule has 0 saturated heterocycles. The lowest BCUT2D eigenvalue weighted by Crippen LogP contribution is -2.12. The lowest BCUT2D eigenvalue weighted by atomic mass is 10.2. The number of carbonyl (C=O) groups excluding carboxylic acids is 1. The zero-order valence-electron chi connectivity index (χ0n) is 14.2. The van der Waals surface area contributed by atoms with Gasteiger partial charge in [0.05, 0.1) is 12.2 Å². The van der Waals surface area contributed by atoms with E-state index in [0.29, 0.717) is 23.7 Å². The number of hydrogen-bond donors (Lipinski definition) is 2. The zero-order chi connectivity index (χ0) is 18.4. The average molecular weight is 351 g/mol. The molecular formula is C20H18FN3O2. The first kappa shape index (κ1) is 17.4. The number of rotatable bonds is 6. The van der Waals surface area contributed by atoms with Crippen molar-refractivity contribution in [2.75, 3.05) is 17.2 Å². The van der Waals surface area contributed by atoms with Crippen molar-refractivity contribution in [3.8, 4) is 5.75 Å². The van der Waals surface area contributed by atoms with Gasteiger partial charge in [0, 0.05) is 17.6 Å². The van der Waals surface area contributed by atoms with Gasteiger partial charge in [0.1, 0.15) is 17.4 Å². The van der Waals surface area contributed by atoms with Crippen molar-refractivity contribution < 1.29 is 13.9 Å². The van der Waals surface area contributed by atoms with E-state index in [1.165, 1.54) is 24.4 Å². The molecule has 0 bridgehead atoms. The number of halogens is 1. The Balaban J connectivity index is 1.63. The number of nitrogens with zero attached hydrogens (tertiary/aromatic N) is 1. The third kappa shape index (κ3) is 4.57. The third-order valence-electron chi connectivity index (χ3n) is 3.55. The van der Waals surface area contributed by atoms with E-state index in [4.69, 9.17) is 4.74 Å². The molecule has 132 valence electrons. The van der Waals surface area contributed by atoms with Gasteiger partial charge in [-0.25, -0.2) is 9.37 Å². The minimum Gasteiger partial charge on any atom is -0.494 e. The van der Waals surface area contributed by atoms with Crippen LogP contribution in [0.1, 0.15) is 17.3 Å². The van der Waals surface area contributed by atoms with Gasteiger partial charge < -0.3 is 15.4 Å². The molecule has 3 rings (SSSR count). The Morgan fingerprint density at radius 3 is 2.54 bits per heavy atom. The molecule has 26 heavy (non-hydrogen) atoms. The summed E-state index contributed by atoms with van der Waals surface area (Å²) >= 11 is 0. The molecule has 0 unspecified atom stereocenters. The Kier molecular flexibility index (Phi) is 5.43. The van der Waals surface area contributed by atoms with Crippen molar-refractivity contribution in [2.45, 2.75) is 6.92 Å². The summed E-state index contributed by atoms with van der Waals surface area (Å²) in [5.74, 6) is 0.651. The van der Waals surface area contributed by atoms with Crippen LogP contribution in [0.25, 0.3) is 0 Å². The number of benzene rings is 2. The molecule has 1 amide bonds. The summed E-state index contributed by atoms with van der Waals surface area (Å²) in [6, 6.07) is 16.6. The summed E-state index contributed by atoms with van der Waals surface area (Å²) in [6.07, 6.45) is 1.46. The Hall–Kier alpha value is -3.41. The largest absolute Gasteiger partial charge is 0.494 e. The van der Waals surface area contributed by atoms with Gasteiger partial charge in [-0.1, -0.05) is 6.07 Å². The Bertz CT molecular complexity index is 880. The molecule has 0 aliphatic heterocycles. The molecule has 1 heterocycles. The quantitative estimate of drug-likeness (QED) is 0.680. The van der Waals surface area contributed by atoms with Crippen LogP contribution in [-0.2, 0) is 0 Å². The highest BCUT2D eigenvalue weighted by molar-refractivity contribution is 6.04. The number of pyridine rings is 1. The molecule has 6 heteroatoms. The summed E-state index contributed by atoms with van der Waals surface area (Å²) in [5, 5.41) is 5.78. The average Bonchev–Trinajstić information content (AvgIpc) is 2.64. The normalized spacial score (nSPS) is 10.2. The predicted molar refractivity (Wildman–Crippen MR) is 99.5 cm³/mol. The van der Waals surface area contributed by atoms with E-state index >= 15 is 0 Å². The van der Waals surface area contributed by atoms with Crippen molar-refractivity contribution in [1.29, 1.82) is 0 Å². The van der Waals surface area contributed by atoms with E-state index in [-0.39, 0.29) is 5.91 Å². The van der Waals surface area contributed by atoms with Crippen LogP contribution in [0.4, 0.5) is 21.6 Å². The van der Waals surface area contributed by atoms with E-state index in [2.05, 4.69) is 15.6 Å². The van der Waals surface area contributed by atoms with Crippen molar-refractivity contribution in [2.24, 2.45) is 0 Å². The monoisotopic (exact) mass is 351 g/mol. The van der Waals surface area contributed by atoms with Gasteiger partial charge in [0.2, 0.25) is 0 Å². The molecular weight excluding hydrogens is 333 g/mol. The Labute approximate surface area is 150 Å². The van der Waals surface area contributed by atoms with Crippen molar-refractivity contribution in [3.05, 3.63) is 78.2 Å². The maximum atomic E-state index is 13.2. The molecule has 0 aliphatic rings. The summed E-state index contributed by atoms with van der Waals surface area (Å²) in [7, 11) is 0. The summed E-state index contributed by atoms with van der Waals surface area (Å²) in [5.41, 5.74) is 1.64. The maximum absolute atomic E-state index is 13.2. The summed E-state index contributed by atoms with van der Waals surface area (Å²) in [4.78, 5) is 16.4. The molecule has 0 atom stereocenters. The van der Waals surface area contributed by atoms with E-state index in [1.807, 2.05) is 31.2 Å². The molecule has 2 aromatic carbocycles. The standard InChI is InChI=1S/C20H18FN3O2/c1-2-26-18-9-7-16(8-10-18)23-19-11-6-14(13-22-19)20(25)24-17-5-3-4-15(21)12-17/h3-13H,2H2,1H3,(H,22,23)(H,24,25). The maximum Gasteiger partial charge on any atom is 0.257 e. The first-order chi connectivity index (χ1) is 12.6. The van der Waals surface area contributed by atoms with Crippen molar-refractivity contribution in [3.63, 3.8) is 0 Å². The lowest BCUT2D eigenvalue weighted by molar-refractivity contribution is 0.102. The van der Waals surface area contributed by atoms with E-state index < -0.39 is 5.82 Å². The fourth-order valence-corrected chi connectivity index (χ4v) is 2.32. The van der Waals surface area contributed by atoms with Crippen LogP contribution in [0.15, 0.2) is 66.9 Å². The number of amides is 1. The van der Waals surface area contributed by atoms with Gasteiger partial charge in [0.25, 0.3) is 5.91 Å². The van der Waals surface area contributed by atoms with Gasteiger partial charge in [-0.05, 0) is 61.5 Å². The van der Waals surface area contributed by atoms with Crippen LogP contribution in [0.2, 0.25) is 0 Å². The van der Waals surface area contributed by atoms with Gasteiger partial charge in [-0.2, -0.15) is 0 Å². The molecule has 5 nitrogen and oxygen atoms in total. The molecule has 2 N–H and O–H groups in total. The third-order valence-corrected chi connectivity index (χ3v) is 3.55. The summed E-state index contributed by atoms with van der Waals surface area (Å²) < 4.78 is 18.6. The van der Waals surface area contributed by atoms with Crippen LogP contribution < -0.4 is 15.4 Å². The predicted octanol–water partition coefficient (Wildman–Crippen LogP) is 4.62. The minimum atomic E-state index is -0.407. The SMILES string of the molecule is CCOc1ccc(Nc2ccc(C(=O)Nc3cccc(F)c3)cn2)cc1. The zero-order valence-corrected chi connectivity index (χ0v) is 14.2. The van der Waals surface area contributed by atoms with Crippen LogP contribution in [0, 0.1) is 5.82 Å². The second-order valence-corrected chi connectivity index (χ2v) is 5.48. The second kappa shape index (κ2) is 8.11. The number of carbonyl (C=O) groups is 1. The van der Waals surface area contributed by atoms with Crippen LogP contribution >= 0.6 is 0 Å². The topological polar surface area (TPSA) is 63.2 Å². The number of ether oxygens (including phenoxy) is 1. The van der Waals surface area contributed by atoms with Gasteiger partial charge in [-0.3, -0.25) is 4.79 Å². The number of hydrogen-bond acceptors (Lipinski definition) is 4. The summed E-state index contributed by atoms with van der Waals surface area (Å²) in [6.45, 7) is 2.55. The fourth-order valence-electron chi connectivity index (χ4n) is 2.32. The van der Waals surface area contributed by atoms with E-state index in [1.54, 1.807) is 18.2 Å². The highest BCUT2D eigenvalue weighted by atomic mass is 19.1. The van der Waals surface area contributed by atoms with Crippen molar-refractivity contribution in [1.82, 2.24) is 4.98 Å². The Morgan fingerprint density at radius 2 is 1.88 bits per heavy atom. The second-order valence-electron chi connectivity index (χ2n) is 5.48. The molecule has 1 aromatic heterocycles. The fraction of sp³-hybridized carbons (Fsp3) is 0.100. The van der Waals surface area contributed by atoms with Gasteiger partial charge in [-0.15, -0.1) is 0 Å². The number of anilines is 3. The molecule has 0 radical (unpaired) electrons. The van der Waals surface area contributed by atoms with Gasteiger partial charge >= 0.3 is 0 Å². The van der Waals surface area contributed by atoms with E-state index in [0.717, 1.165) is 11.4 Å². The molecule has 0 spiro atoms. The van der Waals surface area contributed by atoms with Crippen LogP contribution in [0.5, 0.6) is 5.75 Å². The number of aromatic nitrogens is 1. The molecule has 3 aromatic rings. The molecule has 0 fully saturated rings. The van der Waals surface area contributed by atoms with Crippen molar-refractivity contribution >= 4 is 23.1 Å². The molecule has 0 saturated carbocycles. The first-order valence-corrected chi connectivity index (χ1v) is 8.17. The number of nitrogens with one attached hydrogen (secondary N) is 2. The molecule has 0 aliphatic carbocycles. The smallest absolute Gasteiger partial charge is 0.257 e. The lowest BCUT2D eigenvalue weighted by Gasteiger charge is -2.08. The first-order valence-electron chi connectivity index (χ1n) is 8.17. The Morgan fingerprint density at radius 1 is 1.08 bits per heavy atom. The van der Waals surface area contributed by atoms with Crippen LogP contribution in [0.3, 0.4) is 0 Å².